The van der Waals surface area contributed by atoms with Crippen molar-refractivity contribution in [1.82, 2.24) is 14.6 Å². The summed E-state index contributed by atoms with van der Waals surface area (Å²) in [5.74, 6) is 1.32. The highest BCUT2D eigenvalue weighted by atomic mass is 32.1. The number of aryl methyl sites for hydroxylation is 1. The summed E-state index contributed by atoms with van der Waals surface area (Å²) in [5.41, 5.74) is 1.69. The third-order valence-corrected chi connectivity index (χ3v) is 4.45. The SMILES string of the molecule is CCCc1nn2c(C#N)c(-c3cc(OC)ccc3OC)nc2s1. The lowest BCUT2D eigenvalue weighted by atomic mass is 10.1. The number of imidazole rings is 1. The Morgan fingerprint density at radius 3 is 2.78 bits per heavy atom. The van der Waals surface area contributed by atoms with Gasteiger partial charge in [-0.15, -0.1) is 0 Å². The monoisotopic (exact) mass is 328 g/mol. The van der Waals surface area contributed by atoms with Gasteiger partial charge in [-0.25, -0.2) is 4.98 Å². The first-order valence-electron chi connectivity index (χ1n) is 7.22. The van der Waals surface area contributed by atoms with E-state index in [1.54, 1.807) is 24.8 Å². The lowest BCUT2D eigenvalue weighted by molar-refractivity contribution is 0.404. The Hall–Kier alpha value is -2.59. The molecule has 0 spiro atoms. The van der Waals surface area contributed by atoms with Crippen LogP contribution in [0, 0.1) is 11.3 Å². The van der Waals surface area contributed by atoms with Crippen LogP contribution in [0.15, 0.2) is 18.2 Å². The van der Waals surface area contributed by atoms with E-state index >= 15 is 0 Å². The summed E-state index contributed by atoms with van der Waals surface area (Å²) in [6.07, 6.45) is 1.89. The van der Waals surface area contributed by atoms with Gasteiger partial charge in [-0.2, -0.15) is 14.9 Å². The zero-order valence-electron chi connectivity index (χ0n) is 13.2. The number of hydrogen-bond donors (Lipinski definition) is 0. The molecule has 0 aliphatic heterocycles. The molecule has 0 aliphatic carbocycles. The zero-order chi connectivity index (χ0) is 16.4. The van der Waals surface area contributed by atoms with Crippen molar-refractivity contribution in [3.8, 4) is 28.8 Å². The van der Waals surface area contributed by atoms with E-state index in [1.807, 2.05) is 12.1 Å². The van der Waals surface area contributed by atoms with Crippen molar-refractivity contribution >= 4 is 16.3 Å². The van der Waals surface area contributed by atoms with Gasteiger partial charge in [0.1, 0.15) is 28.3 Å². The fraction of sp³-hybridized carbons (Fsp3) is 0.312. The van der Waals surface area contributed by atoms with Crippen molar-refractivity contribution in [2.75, 3.05) is 14.2 Å². The topological polar surface area (TPSA) is 72.4 Å². The van der Waals surface area contributed by atoms with Gasteiger partial charge in [0.05, 0.1) is 14.2 Å². The number of aromatic nitrogens is 3. The Labute approximate surface area is 137 Å². The quantitative estimate of drug-likeness (QED) is 0.718. The molecule has 7 heteroatoms. The second-order valence-electron chi connectivity index (χ2n) is 4.93. The van der Waals surface area contributed by atoms with E-state index in [9.17, 15) is 5.26 Å². The molecule has 118 valence electrons. The van der Waals surface area contributed by atoms with E-state index in [0.717, 1.165) is 23.4 Å². The molecule has 0 saturated carbocycles. The molecule has 0 bridgehead atoms. The molecular formula is C16H16N4O2S. The minimum Gasteiger partial charge on any atom is -0.497 e. The number of rotatable bonds is 5. The predicted molar refractivity (Wildman–Crippen MR) is 88.1 cm³/mol. The van der Waals surface area contributed by atoms with Crippen LogP contribution in [0.4, 0.5) is 0 Å². The molecule has 0 aliphatic rings. The molecule has 0 fully saturated rings. The van der Waals surface area contributed by atoms with Gasteiger partial charge < -0.3 is 9.47 Å². The van der Waals surface area contributed by atoms with Crippen LogP contribution in [0.5, 0.6) is 11.5 Å². The lowest BCUT2D eigenvalue weighted by Crippen LogP contribution is -1.95. The molecule has 6 nitrogen and oxygen atoms in total. The van der Waals surface area contributed by atoms with Crippen molar-refractivity contribution < 1.29 is 9.47 Å². The maximum absolute atomic E-state index is 9.58. The Balaban J connectivity index is 2.20. The molecule has 2 heterocycles. The van der Waals surface area contributed by atoms with E-state index in [2.05, 4.69) is 23.1 Å². The molecule has 0 N–H and O–H groups in total. The van der Waals surface area contributed by atoms with E-state index in [-0.39, 0.29) is 0 Å². The molecular weight excluding hydrogens is 312 g/mol. The molecule has 3 aromatic rings. The van der Waals surface area contributed by atoms with Gasteiger partial charge in [0.25, 0.3) is 0 Å². The Morgan fingerprint density at radius 1 is 1.30 bits per heavy atom. The Bertz CT molecular complexity index is 891. The summed E-state index contributed by atoms with van der Waals surface area (Å²) in [6, 6.07) is 7.64. The third kappa shape index (κ3) is 2.62. The lowest BCUT2D eigenvalue weighted by Gasteiger charge is -2.08. The number of ether oxygens (including phenoxy) is 2. The van der Waals surface area contributed by atoms with E-state index in [4.69, 9.17) is 9.47 Å². The number of methoxy groups -OCH3 is 2. The fourth-order valence-corrected chi connectivity index (χ4v) is 3.39. The van der Waals surface area contributed by atoms with Crippen LogP contribution >= 0.6 is 11.3 Å². The van der Waals surface area contributed by atoms with Crippen LogP contribution in [0.25, 0.3) is 16.2 Å². The number of nitriles is 1. The molecule has 3 rings (SSSR count). The van der Waals surface area contributed by atoms with Gasteiger partial charge in [-0.3, -0.25) is 0 Å². The van der Waals surface area contributed by atoms with Gasteiger partial charge in [-0.1, -0.05) is 18.3 Å². The Morgan fingerprint density at radius 2 is 2.13 bits per heavy atom. The van der Waals surface area contributed by atoms with Gasteiger partial charge in [0.15, 0.2) is 5.69 Å². The number of fused-ring (bicyclic) bond motifs is 1. The highest BCUT2D eigenvalue weighted by molar-refractivity contribution is 7.16. The predicted octanol–water partition coefficient (Wildman–Crippen LogP) is 3.30. The molecule has 1 aromatic carbocycles. The standard InChI is InChI=1S/C16H16N4O2S/c1-4-5-14-19-20-12(9-17)15(18-16(20)23-14)11-8-10(21-2)6-7-13(11)22-3/h6-8H,4-5H2,1-3H3. The van der Waals surface area contributed by atoms with E-state index < -0.39 is 0 Å². The van der Waals surface area contributed by atoms with Gasteiger partial charge in [0, 0.05) is 12.0 Å². The van der Waals surface area contributed by atoms with Gasteiger partial charge in [0.2, 0.25) is 4.96 Å². The zero-order valence-corrected chi connectivity index (χ0v) is 14.0. The minimum atomic E-state index is 0.408. The van der Waals surface area contributed by atoms with Crippen LogP contribution in [0.2, 0.25) is 0 Å². The summed E-state index contributed by atoms with van der Waals surface area (Å²) in [5, 5.41) is 15.1. The van der Waals surface area contributed by atoms with Crippen LogP contribution in [0.3, 0.4) is 0 Å². The van der Waals surface area contributed by atoms with Crippen molar-refractivity contribution in [2.45, 2.75) is 19.8 Å². The molecule has 2 aromatic heterocycles. The fourth-order valence-electron chi connectivity index (χ4n) is 2.39. The summed E-state index contributed by atoms with van der Waals surface area (Å²) < 4.78 is 12.3. The smallest absolute Gasteiger partial charge is 0.214 e. The Kier molecular flexibility index (Phi) is 4.17. The van der Waals surface area contributed by atoms with Crippen molar-refractivity contribution in [1.29, 1.82) is 5.26 Å². The van der Waals surface area contributed by atoms with Gasteiger partial charge >= 0.3 is 0 Å². The number of nitrogens with zero attached hydrogens (tertiary/aromatic N) is 4. The van der Waals surface area contributed by atoms with E-state index in [1.165, 1.54) is 11.3 Å². The maximum atomic E-state index is 9.58. The first kappa shape index (κ1) is 15.3. The molecule has 0 atom stereocenters. The summed E-state index contributed by atoms with van der Waals surface area (Å²) in [4.78, 5) is 5.31. The largest absolute Gasteiger partial charge is 0.497 e. The minimum absolute atomic E-state index is 0.408. The van der Waals surface area contributed by atoms with Gasteiger partial charge in [-0.05, 0) is 24.6 Å². The van der Waals surface area contributed by atoms with Crippen LogP contribution < -0.4 is 9.47 Å². The van der Waals surface area contributed by atoms with Crippen molar-refractivity contribution in [2.24, 2.45) is 0 Å². The first-order valence-corrected chi connectivity index (χ1v) is 8.04. The van der Waals surface area contributed by atoms with Crippen LogP contribution in [0.1, 0.15) is 24.0 Å². The van der Waals surface area contributed by atoms with E-state index in [0.29, 0.717) is 27.8 Å². The van der Waals surface area contributed by atoms with Crippen LogP contribution in [-0.2, 0) is 6.42 Å². The number of hydrogen-bond acceptors (Lipinski definition) is 6. The molecule has 0 radical (unpaired) electrons. The first-order chi connectivity index (χ1) is 11.2. The van der Waals surface area contributed by atoms with Crippen molar-refractivity contribution in [3.63, 3.8) is 0 Å². The second-order valence-corrected chi connectivity index (χ2v) is 5.97. The molecule has 23 heavy (non-hydrogen) atoms. The number of benzene rings is 1. The van der Waals surface area contributed by atoms with Crippen molar-refractivity contribution in [3.05, 3.63) is 28.9 Å². The summed E-state index contributed by atoms with van der Waals surface area (Å²) >= 11 is 1.51. The van der Waals surface area contributed by atoms with Crippen LogP contribution in [-0.4, -0.2) is 28.8 Å². The highest BCUT2D eigenvalue weighted by Crippen LogP contribution is 2.35. The molecule has 0 amide bonds. The maximum Gasteiger partial charge on any atom is 0.214 e. The molecule has 0 unspecified atom stereocenters. The second kappa shape index (κ2) is 6.26. The average molecular weight is 328 g/mol. The summed E-state index contributed by atoms with van der Waals surface area (Å²) in [7, 11) is 3.19. The third-order valence-electron chi connectivity index (χ3n) is 3.48. The molecule has 0 saturated heterocycles. The summed E-state index contributed by atoms with van der Waals surface area (Å²) in [6.45, 7) is 2.10. The highest BCUT2D eigenvalue weighted by Gasteiger charge is 2.21. The normalized spacial score (nSPS) is 10.7. The average Bonchev–Trinajstić information content (AvgIpc) is 3.11.